The van der Waals surface area contributed by atoms with Crippen molar-refractivity contribution in [2.24, 2.45) is 0 Å². The van der Waals surface area contributed by atoms with Crippen LogP contribution in [0.15, 0.2) is 6.20 Å². The Bertz CT molecular complexity index is 343. The van der Waals surface area contributed by atoms with Crippen LogP contribution in [0, 0.1) is 5.82 Å². The second-order valence-electron chi connectivity index (χ2n) is 1.89. The molecule has 0 bridgehead atoms. The van der Waals surface area contributed by atoms with Gasteiger partial charge in [0.05, 0.1) is 11.2 Å². The number of rotatable bonds is 1. The van der Waals surface area contributed by atoms with Gasteiger partial charge in [-0.1, -0.05) is 23.2 Å². The van der Waals surface area contributed by atoms with Gasteiger partial charge in [0.2, 0.25) is 0 Å². The minimum Gasteiger partial charge on any atom is -0.478 e. The molecule has 12 heavy (non-hydrogen) atoms. The lowest BCUT2D eigenvalue weighted by molar-refractivity contribution is 0.0696. The molecule has 1 heterocycles. The van der Waals surface area contributed by atoms with Gasteiger partial charge in [0.15, 0.2) is 5.82 Å². The quantitative estimate of drug-likeness (QED) is 0.723. The van der Waals surface area contributed by atoms with E-state index in [1.807, 2.05) is 0 Å². The highest BCUT2D eigenvalue weighted by molar-refractivity contribution is 6.38. The van der Waals surface area contributed by atoms with E-state index in [-0.39, 0.29) is 5.15 Å². The Morgan fingerprint density at radius 3 is 2.58 bits per heavy atom. The average Bonchev–Trinajstić information content (AvgIpc) is 1.97. The zero-order valence-electron chi connectivity index (χ0n) is 5.51. The number of hydrogen-bond donors (Lipinski definition) is 1. The number of hydrogen-bond acceptors (Lipinski definition) is 2. The molecule has 1 aromatic heterocycles. The first-order valence-electron chi connectivity index (χ1n) is 2.77. The molecule has 0 aromatic carbocycles. The largest absolute Gasteiger partial charge is 0.478 e. The normalized spacial score (nSPS) is 9.92. The van der Waals surface area contributed by atoms with Crippen molar-refractivity contribution in [3.8, 4) is 0 Å². The highest BCUT2D eigenvalue weighted by atomic mass is 35.5. The van der Waals surface area contributed by atoms with Gasteiger partial charge in [-0.3, -0.25) is 0 Å². The third kappa shape index (κ3) is 1.49. The Morgan fingerprint density at radius 2 is 2.17 bits per heavy atom. The SMILES string of the molecule is O=C(O)c1c(Cl)ncc(F)c1Cl. The second kappa shape index (κ2) is 3.25. The summed E-state index contributed by atoms with van der Waals surface area (Å²) >= 11 is 10.7. The van der Waals surface area contributed by atoms with E-state index >= 15 is 0 Å². The van der Waals surface area contributed by atoms with Gasteiger partial charge in [0, 0.05) is 0 Å². The van der Waals surface area contributed by atoms with Crippen LogP contribution < -0.4 is 0 Å². The summed E-state index contributed by atoms with van der Waals surface area (Å²) in [4.78, 5) is 13.7. The van der Waals surface area contributed by atoms with Crippen molar-refractivity contribution in [3.63, 3.8) is 0 Å². The maximum atomic E-state index is 12.6. The monoisotopic (exact) mass is 209 g/mol. The predicted octanol–water partition coefficient (Wildman–Crippen LogP) is 2.23. The first-order valence-corrected chi connectivity index (χ1v) is 3.52. The van der Waals surface area contributed by atoms with E-state index in [0.717, 1.165) is 6.20 Å². The number of aromatic carboxylic acids is 1. The van der Waals surface area contributed by atoms with Crippen LogP contribution in [0.1, 0.15) is 10.4 Å². The van der Waals surface area contributed by atoms with Gasteiger partial charge >= 0.3 is 5.97 Å². The van der Waals surface area contributed by atoms with E-state index in [9.17, 15) is 9.18 Å². The van der Waals surface area contributed by atoms with Crippen molar-refractivity contribution in [3.05, 3.63) is 27.8 Å². The summed E-state index contributed by atoms with van der Waals surface area (Å²) in [6.07, 6.45) is 0.761. The summed E-state index contributed by atoms with van der Waals surface area (Å²) in [5.74, 6) is -2.31. The Labute approximate surface area is 76.7 Å². The lowest BCUT2D eigenvalue weighted by Gasteiger charge is -2.00. The van der Waals surface area contributed by atoms with Crippen LogP contribution in [0.4, 0.5) is 4.39 Å². The minimum absolute atomic E-state index is 0.325. The van der Waals surface area contributed by atoms with Gasteiger partial charge in [-0.25, -0.2) is 14.2 Å². The number of pyridine rings is 1. The van der Waals surface area contributed by atoms with Crippen molar-refractivity contribution < 1.29 is 14.3 Å². The summed E-state index contributed by atoms with van der Waals surface area (Å²) in [5.41, 5.74) is -0.515. The predicted molar refractivity (Wildman–Crippen MR) is 41.2 cm³/mol. The number of nitrogens with zero attached hydrogens (tertiary/aromatic N) is 1. The number of carboxylic acids is 1. The summed E-state index contributed by atoms with van der Waals surface area (Å²) in [5, 5.41) is 7.64. The van der Waals surface area contributed by atoms with Crippen LogP contribution in [0.2, 0.25) is 10.2 Å². The molecule has 0 radical (unpaired) electrons. The van der Waals surface area contributed by atoms with Crippen LogP contribution in [-0.2, 0) is 0 Å². The van der Waals surface area contributed by atoms with E-state index < -0.39 is 22.4 Å². The molecule has 0 atom stereocenters. The maximum Gasteiger partial charge on any atom is 0.340 e. The van der Waals surface area contributed by atoms with Crippen LogP contribution in [0.5, 0.6) is 0 Å². The summed E-state index contributed by atoms with van der Waals surface area (Å²) in [6, 6.07) is 0. The molecule has 0 amide bonds. The molecule has 0 unspecified atom stereocenters. The van der Waals surface area contributed by atoms with Crippen molar-refractivity contribution >= 4 is 29.2 Å². The minimum atomic E-state index is -1.41. The maximum absolute atomic E-state index is 12.6. The molecule has 0 fully saturated rings. The molecular formula is C6H2Cl2FNO2. The van der Waals surface area contributed by atoms with Crippen LogP contribution in [0.25, 0.3) is 0 Å². The summed E-state index contributed by atoms with van der Waals surface area (Å²) < 4.78 is 12.6. The molecule has 6 heteroatoms. The first kappa shape index (κ1) is 9.22. The van der Waals surface area contributed by atoms with E-state index in [4.69, 9.17) is 28.3 Å². The van der Waals surface area contributed by atoms with E-state index in [0.29, 0.717) is 0 Å². The molecular weight excluding hydrogens is 208 g/mol. The molecule has 1 N–H and O–H groups in total. The number of carboxylic acid groups (broad SMARTS) is 1. The zero-order valence-corrected chi connectivity index (χ0v) is 7.03. The van der Waals surface area contributed by atoms with Gasteiger partial charge in [-0.15, -0.1) is 0 Å². The zero-order chi connectivity index (χ0) is 9.30. The van der Waals surface area contributed by atoms with Gasteiger partial charge < -0.3 is 5.11 Å². The van der Waals surface area contributed by atoms with E-state index in [2.05, 4.69) is 4.98 Å². The Hall–Kier alpha value is -0.870. The summed E-state index contributed by atoms with van der Waals surface area (Å²) in [7, 11) is 0. The highest BCUT2D eigenvalue weighted by Gasteiger charge is 2.17. The molecule has 1 aromatic rings. The molecule has 3 nitrogen and oxygen atoms in total. The van der Waals surface area contributed by atoms with E-state index in [1.54, 1.807) is 0 Å². The third-order valence-electron chi connectivity index (χ3n) is 1.14. The smallest absolute Gasteiger partial charge is 0.340 e. The number of aromatic nitrogens is 1. The lowest BCUT2D eigenvalue weighted by Crippen LogP contribution is -2.01. The summed E-state index contributed by atoms with van der Waals surface area (Å²) in [6.45, 7) is 0. The van der Waals surface area contributed by atoms with Crippen molar-refractivity contribution in [1.29, 1.82) is 0 Å². The second-order valence-corrected chi connectivity index (χ2v) is 2.63. The Morgan fingerprint density at radius 1 is 1.58 bits per heavy atom. The Kier molecular flexibility index (Phi) is 2.49. The molecule has 64 valence electrons. The fourth-order valence-electron chi connectivity index (χ4n) is 0.627. The molecule has 0 aliphatic heterocycles. The molecule has 0 spiro atoms. The van der Waals surface area contributed by atoms with Crippen LogP contribution >= 0.6 is 23.2 Å². The lowest BCUT2D eigenvalue weighted by atomic mass is 10.3. The topological polar surface area (TPSA) is 50.2 Å². The van der Waals surface area contributed by atoms with Crippen molar-refractivity contribution in [2.45, 2.75) is 0 Å². The molecule has 0 aliphatic carbocycles. The Balaban J connectivity index is 3.43. The fraction of sp³-hybridized carbons (Fsp3) is 0. The average molecular weight is 210 g/mol. The van der Waals surface area contributed by atoms with Crippen molar-refractivity contribution in [1.82, 2.24) is 4.98 Å². The number of carbonyl (C=O) groups is 1. The van der Waals surface area contributed by atoms with Gasteiger partial charge in [-0.05, 0) is 0 Å². The highest BCUT2D eigenvalue weighted by Crippen LogP contribution is 2.24. The first-order chi connectivity index (χ1) is 5.54. The third-order valence-corrected chi connectivity index (χ3v) is 1.80. The van der Waals surface area contributed by atoms with Crippen LogP contribution in [-0.4, -0.2) is 16.1 Å². The molecule has 0 saturated heterocycles. The molecule has 1 rings (SSSR count). The van der Waals surface area contributed by atoms with Crippen LogP contribution in [0.3, 0.4) is 0 Å². The molecule has 0 saturated carbocycles. The number of halogens is 3. The molecule has 0 aliphatic rings. The van der Waals surface area contributed by atoms with Gasteiger partial charge in [-0.2, -0.15) is 0 Å². The van der Waals surface area contributed by atoms with Gasteiger partial charge in [0.25, 0.3) is 0 Å². The van der Waals surface area contributed by atoms with Crippen molar-refractivity contribution in [2.75, 3.05) is 0 Å². The van der Waals surface area contributed by atoms with E-state index in [1.165, 1.54) is 0 Å². The van der Waals surface area contributed by atoms with Gasteiger partial charge in [0.1, 0.15) is 10.7 Å². The fourth-order valence-corrected chi connectivity index (χ4v) is 1.12. The standard InChI is InChI=1S/C6H2Cl2FNO2/c7-4-2(9)1-10-5(8)3(4)6(11)12/h1H,(H,11,12).